The minimum atomic E-state index is 0. The largest absolute Gasteiger partial charge is 2.00 e. The van der Waals surface area contributed by atoms with Crippen LogP contribution < -0.4 is 9.97 Å². The van der Waals surface area contributed by atoms with Crippen LogP contribution in [0.3, 0.4) is 0 Å². The molecule has 0 amide bonds. The van der Waals surface area contributed by atoms with Crippen LogP contribution in [0.25, 0.3) is 90.9 Å². The van der Waals surface area contributed by atoms with Gasteiger partial charge in [0.25, 0.3) is 0 Å². The average molecular weight is 682 g/mol. The molecule has 0 saturated heterocycles. The first-order chi connectivity index (χ1) is 23.8. The summed E-state index contributed by atoms with van der Waals surface area (Å²) in [7, 11) is 0. The van der Waals surface area contributed by atoms with Crippen molar-refractivity contribution < 1.29 is 24.0 Å². The Bertz CT molecular complexity index is 2190. The number of benzene rings is 4. The standard InChI is InChI=1S/C44H28N4.H2O.V/c1-5-13-29(14-6-1)41-33-21-23-35(45-33)42(30-15-7-2-8-16-30)37-25-27-39(47-37)44(32-19-11-4-12-20-32)40-28-26-38(48-40)43(31-17-9-3-10-18-31)36-24-22-34(41)46-36;;/h1-28H;1H2;/q-2;;+2. The number of aromatic nitrogens is 4. The molecule has 5 heterocycles. The van der Waals surface area contributed by atoms with Gasteiger partial charge in [-0.3, -0.25) is 0 Å². The van der Waals surface area contributed by atoms with Gasteiger partial charge in [0.1, 0.15) is 0 Å². The van der Waals surface area contributed by atoms with Crippen molar-refractivity contribution in [3.63, 3.8) is 0 Å². The number of fused-ring (bicyclic) bond motifs is 8. The average Bonchev–Trinajstić information content (AvgIpc) is 3.98. The maximum atomic E-state index is 5.31. The molecule has 5 nitrogen and oxygen atoms in total. The Hall–Kier alpha value is -5.98. The van der Waals surface area contributed by atoms with E-state index in [0.717, 1.165) is 89.4 Å². The van der Waals surface area contributed by atoms with Crippen molar-refractivity contribution in [3.05, 3.63) is 168 Å². The Morgan fingerprint density at radius 3 is 0.740 bits per heavy atom. The first kappa shape index (κ1) is 32.6. The summed E-state index contributed by atoms with van der Waals surface area (Å²) in [5, 5.41) is 0. The third-order valence-electron chi connectivity index (χ3n) is 8.86. The summed E-state index contributed by atoms with van der Waals surface area (Å²) in [5.74, 6) is 0. The Labute approximate surface area is 302 Å². The zero-order valence-corrected chi connectivity index (χ0v) is 28.3. The molecule has 0 spiro atoms. The minimum Gasteiger partial charge on any atom is -0.657 e. The van der Waals surface area contributed by atoms with Gasteiger partial charge in [-0.25, -0.2) is 9.97 Å². The van der Waals surface area contributed by atoms with E-state index < -0.39 is 0 Å². The van der Waals surface area contributed by atoms with Crippen molar-refractivity contribution in [1.82, 2.24) is 19.9 Å². The van der Waals surface area contributed by atoms with Crippen LogP contribution in [0.1, 0.15) is 22.8 Å². The first-order valence-corrected chi connectivity index (χ1v) is 16.1. The van der Waals surface area contributed by atoms with Crippen molar-refractivity contribution in [1.29, 1.82) is 0 Å². The predicted molar refractivity (Wildman–Crippen MR) is 202 cm³/mol. The quantitative estimate of drug-likeness (QED) is 0.185. The van der Waals surface area contributed by atoms with Gasteiger partial charge in [-0.1, -0.05) is 146 Å². The molecule has 237 valence electrons. The molecule has 6 heteroatoms. The van der Waals surface area contributed by atoms with Crippen LogP contribution in [0, 0.1) is 0 Å². The molecule has 0 saturated carbocycles. The van der Waals surface area contributed by atoms with E-state index in [2.05, 4.69) is 146 Å². The van der Waals surface area contributed by atoms with E-state index in [1.807, 2.05) is 24.3 Å². The van der Waals surface area contributed by atoms with Crippen LogP contribution in [-0.2, 0) is 18.6 Å². The number of hydrogen-bond acceptors (Lipinski definition) is 2. The molecule has 8 bridgehead atoms. The second kappa shape index (κ2) is 13.9. The fourth-order valence-electron chi connectivity index (χ4n) is 6.69. The van der Waals surface area contributed by atoms with Crippen LogP contribution in [0.4, 0.5) is 0 Å². The zero-order chi connectivity index (χ0) is 31.9. The fraction of sp³-hybridized carbons (Fsp3) is 0. The van der Waals surface area contributed by atoms with Crippen molar-refractivity contribution in [2.45, 2.75) is 0 Å². The number of hydrogen-bond donors (Lipinski definition) is 0. The molecule has 4 aromatic carbocycles. The van der Waals surface area contributed by atoms with Gasteiger partial charge in [0.2, 0.25) is 0 Å². The predicted octanol–water partition coefficient (Wildman–Crippen LogP) is 9.75. The van der Waals surface area contributed by atoms with E-state index in [1.54, 1.807) is 0 Å². The summed E-state index contributed by atoms with van der Waals surface area (Å²) >= 11 is 0. The zero-order valence-electron chi connectivity index (χ0n) is 26.9. The Balaban J connectivity index is 0.00000196. The smallest absolute Gasteiger partial charge is 0.657 e. The van der Waals surface area contributed by atoms with Crippen LogP contribution >= 0.6 is 0 Å². The Morgan fingerprint density at radius 1 is 0.300 bits per heavy atom. The number of nitrogens with zero attached hydrogens (tertiary/aromatic N) is 4. The second-order valence-electron chi connectivity index (χ2n) is 11.8. The normalized spacial score (nSPS) is 11.5. The van der Waals surface area contributed by atoms with Crippen molar-refractivity contribution in [3.8, 4) is 44.5 Å². The monoisotopic (exact) mass is 681 g/mol. The Kier molecular flexibility index (Phi) is 9.03. The van der Waals surface area contributed by atoms with E-state index in [0.29, 0.717) is 0 Å². The molecule has 0 aliphatic carbocycles. The van der Waals surface area contributed by atoms with Gasteiger partial charge in [0.15, 0.2) is 0 Å². The summed E-state index contributed by atoms with van der Waals surface area (Å²) in [6, 6.07) is 50.0. The van der Waals surface area contributed by atoms with Crippen LogP contribution in [0.5, 0.6) is 0 Å². The maximum absolute atomic E-state index is 5.31. The molecule has 2 aliphatic heterocycles. The van der Waals surface area contributed by atoms with E-state index in [-0.39, 0.29) is 24.0 Å². The van der Waals surface area contributed by atoms with Crippen molar-refractivity contribution in [2.75, 3.05) is 0 Å². The topological polar surface area (TPSA) is 85.5 Å². The molecule has 3 aromatic heterocycles. The van der Waals surface area contributed by atoms with Crippen LogP contribution in [-0.4, -0.2) is 15.4 Å². The van der Waals surface area contributed by atoms with Crippen molar-refractivity contribution in [2.24, 2.45) is 0 Å². The fourth-order valence-corrected chi connectivity index (χ4v) is 6.69. The molecule has 7 aromatic rings. The molecule has 2 aliphatic rings. The van der Waals surface area contributed by atoms with Gasteiger partial charge in [-0.05, 0) is 68.8 Å². The number of rotatable bonds is 4. The van der Waals surface area contributed by atoms with Gasteiger partial charge in [-0.15, -0.1) is 22.1 Å². The molecular formula is C44H30N4OV. The summed E-state index contributed by atoms with van der Waals surface area (Å²) in [6.07, 6.45) is 8.41. The van der Waals surface area contributed by atoms with Gasteiger partial charge >= 0.3 is 18.6 Å². The molecular weight excluding hydrogens is 651 g/mol. The van der Waals surface area contributed by atoms with E-state index in [1.165, 1.54) is 0 Å². The molecule has 0 unspecified atom stereocenters. The molecule has 9 rings (SSSR count). The van der Waals surface area contributed by atoms with Crippen LogP contribution in [0.15, 0.2) is 146 Å². The van der Waals surface area contributed by atoms with Crippen LogP contribution in [0.2, 0.25) is 0 Å². The first-order valence-electron chi connectivity index (χ1n) is 16.1. The van der Waals surface area contributed by atoms with Gasteiger partial charge < -0.3 is 15.4 Å². The summed E-state index contributed by atoms with van der Waals surface area (Å²) in [5.41, 5.74) is 15.0. The molecule has 0 atom stereocenters. The Morgan fingerprint density at radius 2 is 0.520 bits per heavy atom. The molecule has 1 radical (unpaired) electrons. The molecule has 50 heavy (non-hydrogen) atoms. The van der Waals surface area contributed by atoms with E-state index in [4.69, 9.17) is 19.9 Å². The summed E-state index contributed by atoms with van der Waals surface area (Å²) in [6.45, 7) is 0. The summed E-state index contributed by atoms with van der Waals surface area (Å²) < 4.78 is 0. The SMILES string of the molecule is C1=Cc2nc1c(-c1ccccc1)c1ccc([n-]1)c(-c1ccccc1)c1nc(c(-c3ccccc3)c3ccc([n-]3)c2-c2ccccc2)C=C1.O.[V+2]. The molecule has 2 N–H and O–H groups in total. The van der Waals surface area contributed by atoms with E-state index >= 15 is 0 Å². The third kappa shape index (κ3) is 5.84. The van der Waals surface area contributed by atoms with Gasteiger partial charge in [0.05, 0.1) is 22.8 Å². The van der Waals surface area contributed by atoms with E-state index in [9.17, 15) is 0 Å². The third-order valence-corrected chi connectivity index (χ3v) is 8.86. The summed E-state index contributed by atoms with van der Waals surface area (Å²) in [4.78, 5) is 21.2. The molecule has 0 fully saturated rings. The van der Waals surface area contributed by atoms with Gasteiger partial charge in [-0.2, -0.15) is 0 Å². The minimum absolute atomic E-state index is 0. The van der Waals surface area contributed by atoms with Gasteiger partial charge in [0, 0.05) is 0 Å². The second-order valence-corrected chi connectivity index (χ2v) is 11.8. The van der Waals surface area contributed by atoms with Crippen molar-refractivity contribution >= 4 is 46.4 Å². The maximum Gasteiger partial charge on any atom is 2.00 e.